The van der Waals surface area contributed by atoms with Gasteiger partial charge in [0, 0.05) is 13.2 Å². The summed E-state index contributed by atoms with van der Waals surface area (Å²) in [5, 5.41) is 12.0. The Balaban J connectivity index is 2.07. The van der Waals surface area contributed by atoms with E-state index in [2.05, 4.69) is 5.32 Å². The van der Waals surface area contributed by atoms with Gasteiger partial charge in [-0.1, -0.05) is 18.6 Å². The second kappa shape index (κ2) is 9.85. The zero-order chi connectivity index (χ0) is 20.8. The molecule has 0 atom stereocenters. The lowest BCUT2D eigenvalue weighted by atomic mass is 9.79. The topological polar surface area (TPSA) is 84.8 Å². The maximum Gasteiger partial charge on any atom is 0.320 e. The normalized spacial score (nSPS) is 16.4. The van der Waals surface area contributed by atoms with E-state index in [4.69, 9.17) is 19.1 Å². The predicted octanol–water partition coefficient (Wildman–Crippen LogP) is 2.65. The van der Waals surface area contributed by atoms with Gasteiger partial charge in [0.05, 0.1) is 36.7 Å². The molecule has 2 N–H and O–H groups in total. The minimum absolute atomic E-state index is 0.00267. The smallest absolute Gasteiger partial charge is 0.320 e. The Morgan fingerprint density at radius 1 is 1.32 bits per heavy atom. The summed E-state index contributed by atoms with van der Waals surface area (Å²) < 4.78 is 18.6. The van der Waals surface area contributed by atoms with Gasteiger partial charge in [-0.2, -0.15) is 0 Å². The summed E-state index contributed by atoms with van der Waals surface area (Å²) >= 11 is 0. The number of aryl methyl sites for hydroxylation is 1. The van der Waals surface area contributed by atoms with Crippen molar-refractivity contribution in [3.05, 3.63) is 11.8 Å². The minimum atomic E-state index is -0.467. The molecule has 2 heterocycles. The number of hydrogen-bond acceptors (Lipinski definition) is 5. The van der Waals surface area contributed by atoms with Gasteiger partial charge in [0.25, 0.3) is 0 Å². The fourth-order valence-corrected chi connectivity index (χ4v) is 3.56. The lowest BCUT2D eigenvalue weighted by molar-refractivity contribution is -0.851. The molecular weight excluding hydrogens is 360 g/mol. The van der Waals surface area contributed by atoms with Gasteiger partial charge >= 0.3 is 11.7 Å². The number of aromatic nitrogens is 1. The van der Waals surface area contributed by atoms with Crippen molar-refractivity contribution < 1.29 is 28.6 Å². The van der Waals surface area contributed by atoms with E-state index in [1.807, 2.05) is 40.7 Å². The quantitative estimate of drug-likeness (QED) is 0.468. The molecule has 0 radical (unpaired) electrons. The van der Waals surface area contributed by atoms with E-state index in [1.54, 1.807) is 4.74 Å². The van der Waals surface area contributed by atoms with Crippen molar-refractivity contribution in [2.24, 2.45) is 11.3 Å². The van der Waals surface area contributed by atoms with Crippen molar-refractivity contribution in [3.8, 4) is 0 Å². The van der Waals surface area contributed by atoms with E-state index in [0.717, 1.165) is 38.2 Å². The number of aliphatic hydroxyl groups is 1. The number of anilines is 1. The molecule has 0 spiro atoms. The first kappa shape index (κ1) is 22.8. The van der Waals surface area contributed by atoms with Gasteiger partial charge in [-0.3, -0.25) is 0 Å². The van der Waals surface area contributed by atoms with Crippen molar-refractivity contribution in [2.45, 2.75) is 65.8 Å². The SMILES string of the molecule is CC[n+]1oc(C(C)(C)COCCO)cc1NC(=O)C(C)(C)CC1CCOCC1. The largest absolute Gasteiger partial charge is 0.394 e. The summed E-state index contributed by atoms with van der Waals surface area (Å²) in [5.41, 5.74) is -0.836. The van der Waals surface area contributed by atoms with Crippen molar-refractivity contribution in [2.75, 3.05) is 38.4 Å². The zero-order valence-corrected chi connectivity index (χ0v) is 18.0. The third kappa shape index (κ3) is 6.03. The van der Waals surface area contributed by atoms with Crippen LogP contribution >= 0.6 is 0 Å². The first-order chi connectivity index (χ1) is 13.2. The molecule has 1 fully saturated rings. The number of hydrogen-bond donors (Lipinski definition) is 2. The Labute approximate surface area is 168 Å². The van der Waals surface area contributed by atoms with Gasteiger partial charge in [0.15, 0.2) is 5.76 Å². The Morgan fingerprint density at radius 2 is 2.00 bits per heavy atom. The number of ether oxygens (including phenoxy) is 2. The van der Waals surface area contributed by atoms with Crippen molar-refractivity contribution in [1.29, 1.82) is 0 Å². The first-order valence-electron chi connectivity index (χ1n) is 10.3. The van der Waals surface area contributed by atoms with Gasteiger partial charge in [-0.15, -0.1) is 0 Å². The molecular formula is C21H37N2O5+. The van der Waals surface area contributed by atoms with Crippen LogP contribution in [-0.4, -0.2) is 44.0 Å². The standard InChI is InChI=1S/C21H36N2O5/c1-6-23-18(13-17(28-23)21(4,5)15-27-12-9-24)22-19(25)20(2,3)14-16-7-10-26-11-8-16/h13,16,24H,6-12,14-15H2,1-5H3/p+1. The van der Waals surface area contributed by atoms with Crippen LogP contribution in [0.25, 0.3) is 0 Å². The highest BCUT2D eigenvalue weighted by Crippen LogP contribution is 2.32. The van der Waals surface area contributed by atoms with Crippen LogP contribution in [0.5, 0.6) is 0 Å². The molecule has 0 unspecified atom stereocenters. The second-order valence-corrected chi connectivity index (χ2v) is 8.94. The molecule has 0 aromatic carbocycles. The molecule has 0 aliphatic carbocycles. The van der Waals surface area contributed by atoms with Crippen LogP contribution in [-0.2, 0) is 26.2 Å². The molecule has 0 bridgehead atoms. The fraction of sp³-hybridized carbons (Fsp3) is 0.810. The molecule has 7 heteroatoms. The second-order valence-electron chi connectivity index (χ2n) is 8.94. The lowest BCUT2D eigenvalue weighted by Gasteiger charge is -2.29. The van der Waals surface area contributed by atoms with Crippen molar-refractivity contribution >= 4 is 11.7 Å². The van der Waals surface area contributed by atoms with E-state index < -0.39 is 5.41 Å². The van der Waals surface area contributed by atoms with Crippen LogP contribution in [0.15, 0.2) is 10.6 Å². The van der Waals surface area contributed by atoms with E-state index in [0.29, 0.717) is 31.5 Å². The monoisotopic (exact) mass is 397 g/mol. The van der Waals surface area contributed by atoms with Crippen LogP contribution < -0.4 is 10.1 Å². The number of aliphatic hydroxyl groups excluding tert-OH is 1. The summed E-state index contributed by atoms with van der Waals surface area (Å²) in [6.07, 6.45) is 2.88. The summed E-state index contributed by atoms with van der Waals surface area (Å²) in [5.74, 6) is 1.93. The summed E-state index contributed by atoms with van der Waals surface area (Å²) in [7, 11) is 0. The Hall–Kier alpha value is -1.44. The van der Waals surface area contributed by atoms with Crippen molar-refractivity contribution in [3.63, 3.8) is 0 Å². The van der Waals surface area contributed by atoms with Crippen LogP contribution in [0.1, 0.15) is 59.6 Å². The Kier molecular flexibility index (Phi) is 8.04. The lowest BCUT2D eigenvalue weighted by Crippen LogP contribution is -2.40. The van der Waals surface area contributed by atoms with Gasteiger partial charge in [0.2, 0.25) is 0 Å². The number of rotatable bonds is 10. The molecule has 0 saturated carbocycles. The number of nitrogens with one attached hydrogen (secondary N) is 1. The average molecular weight is 398 g/mol. The molecule has 1 aromatic heterocycles. The highest BCUT2D eigenvalue weighted by Gasteiger charge is 2.37. The van der Waals surface area contributed by atoms with Crippen LogP contribution in [0.3, 0.4) is 0 Å². The minimum Gasteiger partial charge on any atom is -0.394 e. The molecule has 1 amide bonds. The first-order valence-corrected chi connectivity index (χ1v) is 10.3. The average Bonchev–Trinajstić information content (AvgIpc) is 3.06. The number of carbonyl (C=O) groups is 1. The molecule has 160 valence electrons. The summed E-state index contributed by atoms with van der Waals surface area (Å²) in [4.78, 5) is 13.0. The third-order valence-corrected chi connectivity index (χ3v) is 5.39. The van der Waals surface area contributed by atoms with Crippen LogP contribution in [0.4, 0.5) is 5.82 Å². The number of carbonyl (C=O) groups excluding carboxylic acids is 1. The Bertz CT molecular complexity index is 633. The van der Waals surface area contributed by atoms with E-state index in [1.165, 1.54) is 0 Å². The van der Waals surface area contributed by atoms with Gasteiger partial charge in [-0.05, 0) is 46.0 Å². The van der Waals surface area contributed by atoms with E-state index in [9.17, 15) is 4.79 Å². The van der Waals surface area contributed by atoms with Crippen LogP contribution in [0.2, 0.25) is 0 Å². The van der Waals surface area contributed by atoms with E-state index in [-0.39, 0.29) is 17.9 Å². The van der Waals surface area contributed by atoms with E-state index >= 15 is 0 Å². The molecule has 1 aliphatic rings. The molecule has 2 rings (SSSR count). The van der Waals surface area contributed by atoms with Gasteiger partial charge in [-0.25, -0.2) is 10.1 Å². The summed E-state index contributed by atoms with van der Waals surface area (Å²) in [6, 6.07) is 1.88. The highest BCUT2D eigenvalue weighted by atomic mass is 16.5. The number of nitrogens with zero attached hydrogens (tertiary/aromatic N) is 1. The summed E-state index contributed by atoms with van der Waals surface area (Å²) in [6.45, 7) is 12.9. The van der Waals surface area contributed by atoms with Crippen LogP contribution in [0, 0.1) is 11.3 Å². The predicted molar refractivity (Wildman–Crippen MR) is 106 cm³/mol. The third-order valence-electron chi connectivity index (χ3n) is 5.39. The number of amides is 1. The maximum absolute atomic E-state index is 13.0. The molecule has 7 nitrogen and oxygen atoms in total. The molecule has 28 heavy (non-hydrogen) atoms. The zero-order valence-electron chi connectivity index (χ0n) is 18.0. The van der Waals surface area contributed by atoms with Gasteiger partial charge < -0.3 is 19.1 Å². The molecule has 1 aromatic rings. The fourth-order valence-electron chi connectivity index (χ4n) is 3.56. The molecule has 1 aliphatic heterocycles. The Morgan fingerprint density at radius 3 is 2.61 bits per heavy atom. The molecule has 1 saturated heterocycles. The van der Waals surface area contributed by atoms with Crippen molar-refractivity contribution in [1.82, 2.24) is 0 Å². The van der Waals surface area contributed by atoms with Gasteiger partial charge in [0.1, 0.15) is 6.54 Å². The highest BCUT2D eigenvalue weighted by molar-refractivity contribution is 5.93. The maximum atomic E-state index is 13.0.